The van der Waals surface area contributed by atoms with Crippen LogP contribution in [-0.2, 0) is 6.61 Å². The van der Waals surface area contributed by atoms with Crippen LogP contribution in [0.4, 0.5) is 0 Å². The number of aromatic hydroxyl groups is 1. The lowest BCUT2D eigenvalue weighted by Crippen LogP contribution is -1.95. The Morgan fingerprint density at radius 2 is 1.61 bits per heavy atom. The Morgan fingerprint density at radius 1 is 0.870 bits per heavy atom. The van der Waals surface area contributed by atoms with Crippen LogP contribution in [-0.4, -0.2) is 11.4 Å². The van der Waals surface area contributed by atoms with E-state index in [4.69, 9.17) is 4.74 Å². The second kappa shape index (κ2) is 6.79. The van der Waals surface area contributed by atoms with Crippen molar-refractivity contribution in [1.82, 2.24) is 0 Å². The highest BCUT2D eigenvalue weighted by Crippen LogP contribution is 2.24. The molecule has 0 bridgehead atoms. The summed E-state index contributed by atoms with van der Waals surface area (Å²) in [7, 11) is 0. The van der Waals surface area contributed by atoms with Crippen molar-refractivity contribution < 1.29 is 14.6 Å². The molecule has 0 heterocycles. The van der Waals surface area contributed by atoms with Gasteiger partial charge in [-0.25, -0.2) is 0 Å². The molecule has 0 fully saturated rings. The molecular formula is C20H16O3. The zero-order valence-corrected chi connectivity index (χ0v) is 12.5. The predicted molar refractivity (Wildman–Crippen MR) is 89.7 cm³/mol. The number of hydrogen-bond donors (Lipinski definition) is 1. The minimum absolute atomic E-state index is 0.245. The number of carbonyl (C=O) groups is 1. The number of phenolic OH excluding ortho intramolecular Hbond substituents is 1. The number of benzene rings is 3. The first-order valence-corrected chi connectivity index (χ1v) is 7.31. The number of aldehydes is 1. The Labute approximate surface area is 134 Å². The first-order chi connectivity index (χ1) is 11.2. The lowest BCUT2D eigenvalue weighted by Gasteiger charge is -2.09. The molecule has 3 rings (SSSR count). The van der Waals surface area contributed by atoms with E-state index >= 15 is 0 Å². The molecule has 1 N–H and O–H groups in total. The second-order valence-corrected chi connectivity index (χ2v) is 5.22. The van der Waals surface area contributed by atoms with Gasteiger partial charge in [-0.15, -0.1) is 0 Å². The van der Waals surface area contributed by atoms with Gasteiger partial charge in [0.05, 0.1) is 0 Å². The summed E-state index contributed by atoms with van der Waals surface area (Å²) >= 11 is 0. The van der Waals surface area contributed by atoms with Crippen molar-refractivity contribution in [3.8, 4) is 22.6 Å². The van der Waals surface area contributed by atoms with E-state index in [-0.39, 0.29) is 5.75 Å². The van der Waals surface area contributed by atoms with E-state index in [9.17, 15) is 9.90 Å². The van der Waals surface area contributed by atoms with Crippen molar-refractivity contribution in [1.29, 1.82) is 0 Å². The molecule has 3 nitrogen and oxygen atoms in total. The van der Waals surface area contributed by atoms with Crippen LogP contribution in [0.3, 0.4) is 0 Å². The van der Waals surface area contributed by atoms with Crippen LogP contribution in [0.25, 0.3) is 11.1 Å². The summed E-state index contributed by atoms with van der Waals surface area (Å²) in [6.07, 6.45) is 0.834. The molecule has 3 aromatic rings. The van der Waals surface area contributed by atoms with E-state index < -0.39 is 0 Å². The van der Waals surface area contributed by atoms with Crippen LogP contribution < -0.4 is 4.74 Å². The molecule has 0 aliphatic rings. The minimum atomic E-state index is 0.245. The fraction of sp³-hybridized carbons (Fsp3) is 0.0500. The van der Waals surface area contributed by atoms with Crippen molar-refractivity contribution in [3.63, 3.8) is 0 Å². The highest BCUT2D eigenvalue weighted by Gasteiger charge is 2.01. The molecular weight excluding hydrogens is 288 g/mol. The molecule has 0 spiro atoms. The average Bonchev–Trinajstić information content (AvgIpc) is 2.61. The molecule has 3 aromatic carbocycles. The Bertz CT molecular complexity index is 790. The van der Waals surface area contributed by atoms with Gasteiger partial charge in [0.15, 0.2) is 0 Å². The van der Waals surface area contributed by atoms with Crippen LogP contribution in [0.5, 0.6) is 11.5 Å². The summed E-state index contributed by atoms with van der Waals surface area (Å²) in [6.45, 7) is 0.438. The van der Waals surface area contributed by atoms with Crippen LogP contribution >= 0.6 is 0 Å². The van der Waals surface area contributed by atoms with E-state index in [1.54, 1.807) is 24.3 Å². The molecule has 0 saturated carbocycles. The molecule has 0 aliphatic heterocycles. The van der Waals surface area contributed by atoms with E-state index in [0.717, 1.165) is 28.7 Å². The first kappa shape index (κ1) is 14.9. The SMILES string of the molecule is O=Cc1ccc(-c2cccc(OCc3ccc(O)cc3)c2)cc1. The highest BCUT2D eigenvalue weighted by atomic mass is 16.5. The molecule has 23 heavy (non-hydrogen) atoms. The van der Waals surface area contributed by atoms with Gasteiger partial charge in [-0.3, -0.25) is 4.79 Å². The second-order valence-electron chi connectivity index (χ2n) is 5.22. The summed E-state index contributed by atoms with van der Waals surface area (Å²) in [4.78, 5) is 10.7. The van der Waals surface area contributed by atoms with E-state index in [1.807, 2.05) is 48.5 Å². The number of hydrogen-bond acceptors (Lipinski definition) is 3. The van der Waals surface area contributed by atoms with Gasteiger partial charge >= 0.3 is 0 Å². The van der Waals surface area contributed by atoms with Gasteiger partial charge in [-0.05, 0) is 41.0 Å². The van der Waals surface area contributed by atoms with Gasteiger partial charge in [0.25, 0.3) is 0 Å². The highest BCUT2D eigenvalue weighted by molar-refractivity contribution is 5.77. The molecule has 0 aromatic heterocycles. The van der Waals surface area contributed by atoms with Crippen LogP contribution in [0.15, 0.2) is 72.8 Å². The van der Waals surface area contributed by atoms with Crippen LogP contribution in [0, 0.1) is 0 Å². The summed E-state index contributed by atoms with van der Waals surface area (Å²) in [6, 6.07) is 22.2. The molecule has 0 aliphatic carbocycles. The molecule has 0 saturated heterocycles. The van der Waals surface area contributed by atoms with Crippen molar-refractivity contribution in [2.24, 2.45) is 0 Å². The van der Waals surface area contributed by atoms with Crippen LogP contribution in [0.1, 0.15) is 15.9 Å². The summed E-state index contributed by atoms with van der Waals surface area (Å²) in [5, 5.41) is 9.28. The van der Waals surface area contributed by atoms with Gasteiger partial charge < -0.3 is 9.84 Å². The molecule has 0 amide bonds. The van der Waals surface area contributed by atoms with Gasteiger partial charge in [-0.1, -0.05) is 48.5 Å². The number of carbonyl (C=O) groups excluding carboxylic acids is 1. The third-order valence-electron chi connectivity index (χ3n) is 3.56. The number of phenols is 1. The maximum atomic E-state index is 10.7. The Kier molecular flexibility index (Phi) is 4.39. The normalized spacial score (nSPS) is 10.3. The molecule has 114 valence electrons. The van der Waals surface area contributed by atoms with E-state index in [1.165, 1.54) is 0 Å². The lowest BCUT2D eigenvalue weighted by molar-refractivity contribution is 0.112. The fourth-order valence-corrected chi connectivity index (χ4v) is 2.28. The summed E-state index contributed by atoms with van der Waals surface area (Å²) in [5.41, 5.74) is 3.72. The topological polar surface area (TPSA) is 46.5 Å². The zero-order chi connectivity index (χ0) is 16.1. The fourth-order valence-electron chi connectivity index (χ4n) is 2.28. The molecule has 0 atom stereocenters. The maximum Gasteiger partial charge on any atom is 0.150 e. The lowest BCUT2D eigenvalue weighted by atomic mass is 10.0. The third-order valence-corrected chi connectivity index (χ3v) is 3.56. The van der Waals surface area contributed by atoms with Gasteiger partial charge in [0.2, 0.25) is 0 Å². The minimum Gasteiger partial charge on any atom is -0.508 e. The van der Waals surface area contributed by atoms with Crippen molar-refractivity contribution in [2.75, 3.05) is 0 Å². The number of ether oxygens (including phenoxy) is 1. The third kappa shape index (κ3) is 3.77. The molecule has 0 unspecified atom stereocenters. The predicted octanol–water partition coefficient (Wildman–Crippen LogP) is 4.45. The van der Waals surface area contributed by atoms with Crippen LogP contribution in [0.2, 0.25) is 0 Å². The van der Waals surface area contributed by atoms with Gasteiger partial charge in [-0.2, -0.15) is 0 Å². The Balaban J connectivity index is 1.73. The smallest absolute Gasteiger partial charge is 0.150 e. The largest absolute Gasteiger partial charge is 0.508 e. The molecule has 3 heteroatoms. The van der Waals surface area contributed by atoms with E-state index in [2.05, 4.69) is 0 Å². The summed E-state index contributed by atoms with van der Waals surface area (Å²) in [5.74, 6) is 1.02. The number of rotatable bonds is 5. The van der Waals surface area contributed by atoms with Gasteiger partial charge in [0, 0.05) is 5.56 Å². The quantitative estimate of drug-likeness (QED) is 0.708. The van der Waals surface area contributed by atoms with Crippen molar-refractivity contribution in [2.45, 2.75) is 6.61 Å². The average molecular weight is 304 g/mol. The standard InChI is InChI=1S/C20H16O3/c21-13-15-4-8-17(9-5-15)18-2-1-3-20(12-18)23-14-16-6-10-19(22)11-7-16/h1-13,22H,14H2. The summed E-state index contributed by atoms with van der Waals surface area (Å²) < 4.78 is 5.80. The monoisotopic (exact) mass is 304 g/mol. The van der Waals surface area contributed by atoms with Gasteiger partial charge in [0.1, 0.15) is 24.4 Å². The Hall–Kier alpha value is -3.07. The van der Waals surface area contributed by atoms with Crippen molar-refractivity contribution >= 4 is 6.29 Å². The van der Waals surface area contributed by atoms with Crippen molar-refractivity contribution in [3.05, 3.63) is 83.9 Å². The molecule has 0 radical (unpaired) electrons. The Morgan fingerprint density at radius 3 is 2.30 bits per heavy atom. The maximum absolute atomic E-state index is 10.7. The van der Waals surface area contributed by atoms with E-state index in [0.29, 0.717) is 12.2 Å². The zero-order valence-electron chi connectivity index (χ0n) is 12.5. The first-order valence-electron chi connectivity index (χ1n) is 7.31.